The minimum atomic E-state index is -0.890. The van der Waals surface area contributed by atoms with Crippen molar-refractivity contribution in [2.45, 2.75) is 23.8 Å². The molecular weight excluding hydrogens is 270 g/mol. The molecule has 1 saturated heterocycles. The molecule has 1 aliphatic rings. The van der Waals surface area contributed by atoms with E-state index < -0.39 is 11.6 Å². The zero-order valence-corrected chi connectivity index (χ0v) is 11.3. The van der Waals surface area contributed by atoms with Gasteiger partial charge in [0.15, 0.2) is 11.6 Å². The second-order valence-corrected chi connectivity index (χ2v) is 5.53. The highest BCUT2D eigenvalue weighted by Crippen LogP contribution is 2.23. The molecule has 1 aromatic rings. The van der Waals surface area contributed by atoms with Crippen LogP contribution in [-0.4, -0.2) is 35.7 Å². The summed E-state index contributed by atoms with van der Waals surface area (Å²) in [6.45, 7) is 1.21. The van der Waals surface area contributed by atoms with Crippen molar-refractivity contribution in [2.75, 3.05) is 18.8 Å². The normalized spacial score (nSPS) is 18.9. The molecule has 1 unspecified atom stereocenters. The summed E-state index contributed by atoms with van der Waals surface area (Å²) in [6.07, 6.45) is 1.92. The minimum Gasteiger partial charge on any atom is -0.338 e. The Kier molecular flexibility index (Phi) is 4.76. The Morgan fingerprint density at radius 1 is 1.42 bits per heavy atom. The average molecular weight is 286 g/mol. The third-order valence-electron chi connectivity index (χ3n) is 3.22. The van der Waals surface area contributed by atoms with Crippen LogP contribution in [0.15, 0.2) is 23.1 Å². The van der Waals surface area contributed by atoms with E-state index in [1.165, 1.54) is 17.8 Å². The molecule has 1 heterocycles. The Bertz CT molecular complexity index is 470. The lowest BCUT2D eigenvalue weighted by atomic mass is 10.2. The molecule has 2 rings (SSSR count). The third kappa shape index (κ3) is 3.45. The first-order valence-electron chi connectivity index (χ1n) is 6.19. The Morgan fingerprint density at radius 3 is 2.89 bits per heavy atom. The Hall–Kier alpha value is -1.14. The van der Waals surface area contributed by atoms with Gasteiger partial charge < -0.3 is 10.6 Å². The van der Waals surface area contributed by atoms with Crippen LogP contribution in [0.3, 0.4) is 0 Å². The van der Waals surface area contributed by atoms with E-state index in [1.54, 1.807) is 4.90 Å². The van der Waals surface area contributed by atoms with Crippen LogP contribution in [0.2, 0.25) is 0 Å². The van der Waals surface area contributed by atoms with Gasteiger partial charge in [0.25, 0.3) is 0 Å². The van der Waals surface area contributed by atoms with E-state index in [0.717, 1.165) is 31.5 Å². The maximum atomic E-state index is 13.0. The molecule has 1 amide bonds. The quantitative estimate of drug-likeness (QED) is 0.861. The first kappa shape index (κ1) is 14.3. The van der Waals surface area contributed by atoms with E-state index in [2.05, 4.69) is 0 Å². The zero-order valence-electron chi connectivity index (χ0n) is 10.4. The van der Waals surface area contributed by atoms with Crippen LogP contribution in [0.5, 0.6) is 0 Å². The van der Waals surface area contributed by atoms with E-state index in [9.17, 15) is 13.6 Å². The summed E-state index contributed by atoms with van der Waals surface area (Å²) in [5, 5.41) is 0. The number of hydrogen-bond acceptors (Lipinski definition) is 3. The maximum absolute atomic E-state index is 13.0. The molecule has 3 nitrogen and oxygen atoms in total. The van der Waals surface area contributed by atoms with Crippen LogP contribution in [0.4, 0.5) is 8.78 Å². The number of nitrogens with zero attached hydrogens (tertiary/aromatic N) is 1. The van der Waals surface area contributed by atoms with Gasteiger partial charge in [0.05, 0.1) is 5.75 Å². The molecule has 1 aliphatic heterocycles. The summed E-state index contributed by atoms with van der Waals surface area (Å²) in [5.74, 6) is -1.54. The van der Waals surface area contributed by atoms with E-state index in [0.29, 0.717) is 11.4 Å². The Balaban J connectivity index is 1.91. The highest BCUT2D eigenvalue weighted by atomic mass is 32.2. The van der Waals surface area contributed by atoms with Gasteiger partial charge in [-0.2, -0.15) is 0 Å². The minimum absolute atomic E-state index is 0.00248. The van der Waals surface area contributed by atoms with Gasteiger partial charge in [0, 0.05) is 24.0 Å². The highest BCUT2D eigenvalue weighted by molar-refractivity contribution is 8.00. The van der Waals surface area contributed by atoms with E-state index in [4.69, 9.17) is 5.73 Å². The highest BCUT2D eigenvalue weighted by Gasteiger charge is 2.27. The number of rotatable bonds is 4. The van der Waals surface area contributed by atoms with Crippen LogP contribution in [0.1, 0.15) is 12.8 Å². The Labute approximate surface area is 115 Å². The molecule has 0 saturated carbocycles. The van der Waals surface area contributed by atoms with Crippen LogP contribution < -0.4 is 5.73 Å². The summed E-state index contributed by atoms with van der Waals surface area (Å²) < 4.78 is 25.8. The van der Waals surface area contributed by atoms with E-state index >= 15 is 0 Å². The lowest BCUT2D eigenvalue weighted by molar-refractivity contribution is -0.128. The second kappa shape index (κ2) is 6.34. The molecular formula is C13H16F2N2OS. The van der Waals surface area contributed by atoms with Gasteiger partial charge in [-0.15, -0.1) is 11.8 Å². The monoisotopic (exact) mass is 286 g/mol. The summed E-state index contributed by atoms with van der Waals surface area (Å²) in [6, 6.07) is 3.78. The maximum Gasteiger partial charge on any atom is 0.233 e. The number of thioether (sulfide) groups is 1. The van der Waals surface area contributed by atoms with Gasteiger partial charge in [-0.3, -0.25) is 4.79 Å². The Morgan fingerprint density at radius 2 is 2.21 bits per heavy atom. The number of hydrogen-bond donors (Lipinski definition) is 1. The van der Waals surface area contributed by atoms with Crippen LogP contribution >= 0.6 is 11.8 Å². The molecule has 19 heavy (non-hydrogen) atoms. The molecule has 1 atom stereocenters. The number of halogens is 2. The SMILES string of the molecule is NCC1CCCN1C(=O)CSc1ccc(F)c(F)c1. The average Bonchev–Trinajstić information content (AvgIpc) is 2.88. The van der Waals surface area contributed by atoms with Gasteiger partial charge >= 0.3 is 0 Å². The van der Waals surface area contributed by atoms with Crippen molar-refractivity contribution in [1.82, 2.24) is 4.90 Å². The fraction of sp³-hybridized carbons (Fsp3) is 0.462. The number of benzene rings is 1. The topological polar surface area (TPSA) is 46.3 Å². The number of carbonyl (C=O) groups is 1. The fourth-order valence-electron chi connectivity index (χ4n) is 2.20. The molecule has 0 aliphatic carbocycles. The zero-order chi connectivity index (χ0) is 13.8. The number of amides is 1. The summed E-state index contributed by atoms with van der Waals surface area (Å²) in [5.41, 5.74) is 5.61. The van der Waals surface area contributed by atoms with Gasteiger partial charge in [-0.1, -0.05) is 0 Å². The number of nitrogens with two attached hydrogens (primary N) is 1. The molecule has 104 valence electrons. The summed E-state index contributed by atoms with van der Waals surface area (Å²) >= 11 is 1.21. The van der Waals surface area contributed by atoms with Crippen molar-refractivity contribution in [3.63, 3.8) is 0 Å². The van der Waals surface area contributed by atoms with Gasteiger partial charge in [0.2, 0.25) is 5.91 Å². The van der Waals surface area contributed by atoms with Crippen molar-refractivity contribution >= 4 is 17.7 Å². The van der Waals surface area contributed by atoms with Crippen molar-refractivity contribution in [2.24, 2.45) is 5.73 Å². The first-order chi connectivity index (χ1) is 9.11. The molecule has 0 radical (unpaired) electrons. The molecule has 1 fully saturated rings. The molecule has 1 aromatic carbocycles. The lowest BCUT2D eigenvalue weighted by Gasteiger charge is -2.23. The fourth-order valence-corrected chi connectivity index (χ4v) is 3.01. The predicted molar refractivity (Wildman–Crippen MR) is 70.9 cm³/mol. The van der Waals surface area contributed by atoms with Crippen molar-refractivity contribution in [3.05, 3.63) is 29.8 Å². The number of carbonyl (C=O) groups excluding carboxylic acids is 1. The third-order valence-corrected chi connectivity index (χ3v) is 4.20. The van der Waals surface area contributed by atoms with Gasteiger partial charge in [0.1, 0.15) is 0 Å². The van der Waals surface area contributed by atoms with Gasteiger partial charge in [-0.25, -0.2) is 8.78 Å². The molecule has 0 bridgehead atoms. The standard InChI is InChI=1S/C13H16F2N2OS/c14-11-4-3-10(6-12(11)15)19-8-13(18)17-5-1-2-9(17)7-16/h3-4,6,9H,1-2,5,7-8,16H2. The smallest absolute Gasteiger partial charge is 0.233 e. The van der Waals surface area contributed by atoms with Crippen molar-refractivity contribution in [3.8, 4) is 0 Å². The molecule has 0 spiro atoms. The molecule has 2 N–H and O–H groups in total. The van der Waals surface area contributed by atoms with Gasteiger partial charge in [-0.05, 0) is 31.0 Å². The summed E-state index contributed by atoms with van der Waals surface area (Å²) in [4.78, 5) is 14.4. The van der Waals surface area contributed by atoms with Crippen LogP contribution in [-0.2, 0) is 4.79 Å². The second-order valence-electron chi connectivity index (χ2n) is 4.48. The summed E-state index contributed by atoms with van der Waals surface area (Å²) in [7, 11) is 0. The predicted octanol–water partition coefficient (Wildman–Crippen LogP) is 2.01. The van der Waals surface area contributed by atoms with E-state index in [-0.39, 0.29) is 17.7 Å². The molecule has 0 aromatic heterocycles. The van der Waals surface area contributed by atoms with Crippen LogP contribution in [0.25, 0.3) is 0 Å². The van der Waals surface area contributed by atoms with Crippen LogP contribution in [0, 0.1) is 11.6 Å². The van der Waals surface area contributed by atoms with E-state index in [1.807, 2.05) is 0 Å². The lowest BCUT2D eigenvalue weighted by Crippen LogP contribution is -2.40. The number of likely N-dealkylation sites (tertiary alicyclic amines) is 1. The van der Waals surface area contributed by atoms with Crippen molar-refractivity contribution in [1.29, 1.82) is 0 Å². The largest absolute Gasteiger partial charge is 0.338 e. The molecule has 6 heteroatoms. The van der Waals surface area contributed by atoms with Crippen molar-refractivity contribution < 1.29 is 13.6 Å². The first-order valence-corrected chi connectivity index (χ1v) is 7.17.